The maximum atomic E-state index is 11.1. The van der Waals surface area contributed by atoms with Crippen molar-refractivity contribution in [1.29, 1.82) is 0 Å². The summed E-state index contributed by atoms with van der Waals surface area (Å²) < 4.78 is 11.1. The van der Waals surface area contributed by atoms with Crippen LogP contribution in [0.3, 0.4) is 0 Å². The molecule has 0 unspecified atom stereocenters. The number of carbonyl (C=O) groups excluding carboxylic acids is 2. The fourth-order valence-electron chi connectivity index (χ4n) is 0.0321. The Bertz CT molecular complexity index is 62.3. The van der Waals surface area contributed by atoms with E-state index in [1.807, 2.05) is 0 Å². The molecule has 4 heteroatoms. The average molecular weight is 114 g/mol. The molecule has 0 atom stereocenters. The average Bonchev–Trinajstić information content (AvgIpc) is 1.65. The molecule has 0 aliphatic heterocycles. The van der Waals surface area contributed by atoms with Crippen LogP contribution in [0.25, 0.3) is 0 Å². The maximum Gasteiger partial charge on any atom is 1.00 e. The fourth-order valence-corrected chi connectivity index (χ4v) is 0.0321. The number of carbonyl (C=O) groups is 2. The third kappa shape index (κ3) is 6.27. The number of halogens is 1. The van der Waals surface area contributed by atoms with Crippen LogP contribution in [0.15, 0.2) is 0 Å². The van der Waals surface area contributed by atoms with Crippen molar-refractivity contribution >= 4 is 12.6 Å². The van der Waals surface area contributed by atoms with Crippen LogP contribution in [0.1, 0.15) is 1.43 Å². The van der Waals surface area contributed by atoms with Crippen molar-refractivity contribution in [3.05, 3.63) is 0 Å². The fraction of sp³-hybridized carbons (Fsp3) is 0.333. The van der Waals surface area contributed by atoms with E-state index >= 15 is 0 Å². The third-order valence-corrected chi connectivity index (χ3v) is 0.260. The van der Waals surface area contributed by atoms with E-state index in [4.69, 9.17) is 9.59 Å². The predicted molar refractivity (Wildman–Crippen MR) is 18.1 cm³/mol. The molecule has 36 valence electrons. The van der Waals surface area contributed by atoms with Gasteiger partial charge in [0.2, 0.25) is 6.17 Å². The van der Waals surface area contributed by atoms with Gasteiger partial charge in [0.25, 0.3) is 0 Å². The molecule has 0 aliphatic carbocycles. The molecule has 0 bridgehead atoms. The van der Waals surface area contributed by atoms with Gasteiger partial charge in [-0.2, -0.15) is 0 Å². The molecule has 0 saturated heterocycles. The number of aldehydes is 2. The van der Waals surface area contributed by atoms with Gasteiger partial charge in [0.15, 0.2) is 12.6 Å². The molecule has 0 radical (unpaired) electrons. The normalized spacial score (nSPS) is 7.14. The summed E-state index contributed by atoms with van der Waals surface area (Å²) in [4.78, 5) is 18.3. The van der Waals surface area contributed by atoms with Crippen molar-refractivity contribution in [3.8, 4) is 0 Å². The first-order chi connectivity index (χ1) is 2.81. The van der Waals surface area contributed by atoms with Crippen molar-refractivity contribution in [1.82, 2.24) is 0 Å². The second-order valence-electron chi connectivity index (χ2n) is 0.717. The zero-order chi connectivity index (χ0) is 4.99. The first-order valence-corrected chi connectivity index (χ1v) is 1.36. The molecule has 0 saturated carbocycles. The minimum absolute atomic E-state index is 0. The van der Waals surface area contributed by atoms with E-state index in [0.29, 0.717) is 0 Å². The summed E-state index contributed by atoms with van der Waals surface area (Å²) in [5.74, 6) is 0. The van der Waals surface area contributed by atoms with E-state index in [-0.39, 0.29) is 43.6 Å². The summed E-state index contributed by atoms with van der Waals surface area (Å²) in [6, 6.07) is 0. The Hall–Kier alpha value is 0.270. The van der Waals surface area contributed by atoms with Gasteiger partial charge in [-0.05, 0) is 0 Å². The zero-order valence-electron chi connectivity index (χ0n) is 4.93. The van der Waals surface area contributed by atoms with Gasteiger partial charge in [-0.3, -0.25) is 9.59 Å². The van der Waals surface area contributed by atoms with Crippen molar-refractivity contribution in [2.45, 2.75) is 6.17 Å². The summed E-state index contributed by atoms with van der Waals surface area (Å²) in [7, 11) is 0. The third-order valence-electron chi connectivity index (χ3n) is 0.260. The van der Waals surface area contributed by atoms with Crippen molar-refractivity contribution in [3.63, 3.8) is 0 Å². The second kappa shape index (κ2) is 6.27. The van der Waals surface area contributed by atoms with E-state index in [9.17, 15) is 4.39 Å². The summed E-state index contributed by atoms with van der Waals surface area (Å²) in [6.45, 7) is 0. The van der Waals surface area contributed by atoms with Gasteiger partial charge in [-0.25, -0.2) is 4.39 Å². The van der Waals surface area contributed by atoms with E-state index in [1.54, 1.807) is 0 Å². The topological polar surface area (TPSA) is 34.1 Å². The number of alkyl halides is 1. The molecule has 0 spiro atoms. The standard InChI is InChI=1S/C3H3FO2.Na.H/c4-3(1-5)2-6;;/h1-3H;;/q;+1;-1. The summed E-state index contributed by atoms with van der Waals surface area (Å²) >= 11 is 0. The van der Waals surface area contributed by atoms with Crippen LogP contribution >= 0.6 is 0 Å². The van der Waals surface area contributed by atoms with Crippen LogP contribution in [-0.4, -0.2) is 18.7 Å². The maximum absolute atomic E-state index is 11.1. The van der Waals surface area contributed by atoms with Gasteiger partial charge < -0.3 is 1.43 Å². The van der Waals surface area contributed by atoms with Crippen molar-refractivity contribution < 1.29 is 45.0 Å². The molecular formula is C3H4FNaO2. The predicted octanol–water partition coefficient (Wildman–Crippen LogP) is -3.16. The quantitative estimate of drug-likeness (QED) is 0.216. The SMILES string of the molecule is O=CC(F)C=O.[H-].[Na+]. The molecule has 0 N–H and O–H groups in total. The molecule has 0 fully saturated rings. The van der Waals surface area contributed by atoms with E-state index in [0.717, 1.165) is 0 Å². The van der Waals surface area contributed by atoms with Gasteiger partial charge >= 0.3 is 29.6 Å². The van der Waals surface area contributed by atoms with Gasteiger partial charge in [0, 0.05) is 0 Å². The van der Waals surface area contributed by atoms with Gasteiger partial charge in [-0.15, -0.1) is 0 Å². The van der Waals surface area contributed by atoms with Crippen LogP contribution in [0.2, 0.25) is 0 Å². The Labute approximate surface area is 63.9 Å². The molecule has 0 amide bonds. The largest absolute Gasteiger partial charge is 1.00 e. The number of hydrogen-bond donors (Lipinski definition) is 0. The first kappa shape index (κ1) is 10.3. The Morgan fingerprint density at radius 2 is 1.71 bits per heavy atom. The van der Waals surface area contributed by atoms with Gasteiger partial charge in [0.05, 0.1) is 0 Å². The monoisotopic (exact) mass is 114 g/mol. The van der Waals surface area contributed by atoms with E-state index in [1.165, 1.54) is 0 Å². The van der Waals surface area contributed by atoms with Crippen LogP contribution in [0.4, 0.5) is 4.39 Å². The molecule has 2 nitrogen and oxygen atoms in total. The molecule has 0 aliphatic rings. The molecule has 0 aromatic rings. The molecule has 0 aromatic heterocycles. The molecule has 0 aromatic carbocycles. The molecule has 0 heterocycles. The van der Waals surface area contributed by atoms with Crippen molar-refractivity contribution in [2.24, 2.45) is 0 Å². The van der Waals surface area contributed by atoms with Gasteiger partial charge in [-0.1, -0.05) is 0 Å². The number of hydrogen-bond acceptors (Lipinski definition) is 2. The number of rotatable bonds is 2. The molecular weight excluding hydrogens is 110 g/mol. The minimum Gasteiger partial charge on any atom is -1.00 e. The minimum atomic E-state index is -1.93. The zero-order valence-corrected chi connectivity index (χ0v) is 5.93. The van der Waals surface area contributed by atoms with E-state index < -0.39 is 6.17 Å². The summed E-state index contributed by atoms with van der Waals surface area (Å²) in [6.07, 6.45) is -2.05. The first-order valence-electron chi connectivity index (χ1n) is 1.36. The van der Waals surface area contributed by atoms with Crippen LogP contribution in [-0.2, 0) is 9.59 Å². The van der Waals surface area contributed by atoms with Crippen LogP contribution in [0, 0.1) is 0 Å². The Balaban J connectivity index is -0.000000125. The van der Waals surface area contributed by atoms with Gasteiger partial charge in [0.1, 0.15) is 0 Å². The van der Waals surface area contributed by atoms with Crippen molar-refractivity contribution in [2.75, 3.05) is 0 Å². The second-order valence-corrected chi connectivity index (χ2v) is 0.717. The van der Waals surface area contributed by atoms with E-state index in [2.05, 4.69) is 0 Å². The smallest absolute Gasteiger partial charge is 1.00 e. The Morgan fingerprint density at radius 1 is 1.43 bits per heavy atom. The van der Waals surface area contributed by atoms with Crippen LogP contribution in [0.5, 0.6) is 0 Å². The Morgan fingerprint density at radius 3 is 1.71 bits per heavy atom. The molecule has 0 rings (SSSR count). The summed E-state index contributed by atoms with van der Waals surface area (Å²) in [5.41, 5.74) is 0. The van der Waals surface area contributed by atoms with Crippen LogP contribution < -0.4 is 29.6 Å². The Kier molecular flexibility index (Phi) is 9.22. The molecule has 7 heavy (non-hydrogen) atoms. The summed E-state index contributed by atoms with van der Waals surface area (Å²) in [5, 5.41) is 0.